The second-order valence-corrected chi connectivity index (χ2v) is 2.62. The first-order chi connectivity index (χ1) is 6.09. The Kier molecular flexibility index (Phi) is 2.92. The van der Waals surface area contributed by atoms with Crippen LogP contribution in [0.1, 0.15) is 18.0 Å². The Hall–Kier alpha value is -1.49. The fourth-order valence-corrected chi connectivity index (χ4v) is 0.954. The molecule has 0 bridgehead atoms. The first kappa shape index (κ1) is 9.60. The Morgan fingerprint density at radius 2 is 2.46 bits per heavy atom. The third kappa shape index (κ3) is 2.79. The van der Waals surface area contributed by atoms with E-state index in [1.807, 2.05) is 0 Å². The summed E-state index contributed by atoms with van der Waals surface area (Å²) in [6, 6.07) is 1.94. The summed E-state index contributed by atoms with van der Waals surface area (Å²) in [7, 11) is 0. The molecule has 3 N–H and O–H groups in total. The minimum atomic E-state index is -1.01. The molecule has 0 saturated carbocycles. The SMILES string of the molecule is N[C@H](CC(=O)O)c1ccnc(F)c1. The van der Waals surface area contributed by atoms with Crippen LogP contribution < -0.4 is 5.73 Å². The van der Waals surface area contributed by atoms with Gasteiger partial charge in [-0.25, -0.2) is 4.98 Å². The normalized spacial score (nSPS) is 12.5. The number of carboxylic acid groups (broad SMARTS) is 1. The summed E-state index contributed by atoms with van der Waals surface area (Å²) >= 11 is 0. The Morgan fingerprint density at radius 3 is 3.00 bits per heavy atom. The van der Waals surface area contributed by atoms with Gasteiger partial charge in [0.05, 0.1) is 6.42 Å². The van der Waals surface area contributed by atoms with Crippen molar-refractivity contribution in [2.75, 3.05) is 0 Å². The van der Waals surface area contributed by atoms with Crippen LogP contribution in [0.5, 0.6) is 0 Å². The Balaban J connectivity index is 2.76. The average molecular weight is 184 g/mol. The minimum Gasteiger partial charge on any atom is -0.481 e. The van der Waals surface area contributed by atoms with Crippen molar-refractivity contribution in [1.29, 1.82) is 0 Å². The van der Waals surface area contributed by atoms with Gasteiger partial charge in [0.2, 0.25) is 5.95 Å². The van der Waals surface area contributed by atoms with Gasteiger partial charge < -0.3 is 10.8 Å². The van der Waals surface area contributed by atoms with E-state index in [1.54, 1.807) is 0 Å². The zero-order valence-electron chi connectivity index (χ0n) is 6.77. The van der Waals surface area contributed by atoms with Gasteiger partial charge in [0.1, 0.15) is 0 Å². The summed E-state index contributed by atoms with van der Waals surface area (Å²) in [6.07, 6.45) is 1.04. The molecule has 0 fully saturated rings. The number of aliphatic carboxylic acids is 1. The largest absolute Gasteiger partial charge is 0.481 e. The molecule has 1 heterocycles. The minimum absolute atomic E-state index is 0.219. The standard InChI is InChI=1S/C8H9FN2O2/c9-7-3-5(1-2-11-7)6(10)4-8(12)13/h1-3,6H,4,10H2,(H,12,13)/t6-/m1/s1. The van der Waals surface area contributed by atoms with Crippen LogP contribution in [0.15, 0.2) is 18.3 Å². The third-order valence-electron chi connectivity index (χ3n) is 1.57. The van der Waals surface area contributed by atoms with E-state index in [1.165, 1.54) is 12.3 Å². The van der Waals surface area contributed by atoms with Crippen molar-refractivity contribution in [2.45, 2.75) is 12.5 Å². The van der Waals surface area contributed by atoms with Crippen molar-refractivity contribution < 1.29 is 14.3 Å². The molecule has 0 radical (unpaired) electrons. The Labute approximate surface area is 74.2 Å². The number of nitrogens with two attached hydrogens (primary N) is 1. The molecule has 4 nitrogen and oxygen atoms in total. The number of pyridine rings is 1. The highest BCUT2D eigenvalue weighted by atomic mass is 19.1. The number of hydrogen-bond donors (Lipinski definition) is 2. The molecule has 70 valence electrons. The highest BCUT2D eigenvalue weighted by molar-refractivity contribution is 5.67. The second-order valence-electron chi connectivity index (χ2n) is 2.62. The molecule has 5 heteroatoms. The van der Waals surface area contributed by atoms with Gasteiger partial charge in [-0.2, -0.15) is 4.39 Å². The molecule has 0 unspecified atom stereocenters. The van der Waals surface area contributed by atoms with Gasteiger partial charge in [0.25, 0.3) is 0 Å². The van der Waals surface area contributed by atoms with Gasteiger partial charge in [-0.3, -0.25) is 4.79 Å². The van der Waals surface area contributed by atoms with Crippen molar-refractivity contribution in [1.82, 2.24) is 4.98 Å². The van der Waals surface area contributed by atoms with E-state index in [2.05, 4.69) is 4.98 Å². The lowest BCUT2D eigenvalue weighted by molar-refractivity contribution is -0.137. The lowest BCUT2D eigenvalue weighted by Gasteiger charge is -2.07. The molecule has 13 heavy (non-hydrogen) atoms. The predicted molar refractivity (Wildman–Crippen MR) is 43.4 cm³/mol. The first-order valence-corrected chi connectivity index (χ1v) is 3.68. The van der Waals surface area contributed by atoms with Gasteiger partial charge in [-0.15, -0.1) is 0 Å². The van der Waals surface area contributed by atoms with Crippen molar-refractivity contribution in [3.63, 3.8) is 0 Å². The maximum atomic E-state index is 12.6. The molecule has 1 aromatic heterocycles. The highest BCUT2D eigenvalue weighted by Gasteiger charge is 2.10. The molecular weight excluding hydrogens is 175 g/mol. The molecule has 0 saturated heterocycles. The van der Waals surface area contributed by atoms with Gasteiger partial charge in [0, 0.05) is 12.2 Å². The molecule has 0 aliphatic rings. The van der Waals surface area contributed by atoms with Gasteiger partial charge in [0.15, 0.2) is 0 Å². The highest BCUT2D eigenvalue weighted by Crippen LogP contribution is 2.13. The number of halogens is 1. The molecule has 0 aliphatic heterocycles. The van der Waals surface area contributed by atoms with Crippen molar-refractivity contribution in [3.05, 3.63) is 29.8 Å². The number of rotatable bonds is 3. The molecule has 0 aromatic carbocycles. The number of aromatic nitrogens is 1. The summed E-state index contributed by atoms with van der Waals surface area (Å²) < 4.78 is 12.6. The molecule has 0 spiro atoms. The maximum Gasteiger partial charge on any atom is 0.305 e. The van der Waals surface area contributed by atoms with E-state index >= 15 is 0 Å². The van der Waals surface area contributed by atoms with Crippen LogP contribution in [-0.4, -0.2) is 16.1 Å². The first-order valence-electron chi connectivity index (χ1n) is 3.68. The number of nitrogens with zero attached hydrogens (tertiary/aromatic N) is 1. The van der Waals surface area contributed by atoms with E-state index in [-0.39, 0.29) is 6.42 Å². The van der Waals surface area contributed by atoms with Crippen LogP contribution in [0.2, 0.25) is 0 Å². The van der Waals surface area contributed by atoms with Crippen LogP contribution in [-0.2, 0) is 4.79 Å². The molecule has 1 atom stereocenters. The smallest absolute Gasteiger partial charge is 0.305 e. The summed E-state index contributed by atoms with van der Waals surface area (Å²) in [5.41, 5.74) is 5.93. The van der Waals surface area contributed by atoms with Gasteiger partial charge >= 0.3 is 5.97 Å². The van der Waals surface area contributed by atoms with E-state index in [0.29, 0.717) is 5.56 Å². The fourth-order valence-electron chi connectivity index (χ4n) is 0.954. The van der Waals surface area contributed by atoms with E-state index < -0.39 is 18.0 Å². The lowest BCUT2D eigenvalue weighted by Crippen LogP contribution is -2.15. The number of carbonyl (C=O) groups is 1. The van der Waals surface area contributed by atoms with Crippen molar-refractivity contribution in [3.8, 4) is 0 Å². The van der Waals surface area contributed by atoms with Crippen LogP contribution in [0, 0.1) is 5.95 Å². The van der Waals surface area contributed by atoms with Gasteiger partial charge in [-0.05, 0) is 17.7 Å². The maximum absolute atomic E-state index is 12.6. The van der Waals surface area contributed by atoms with Crippen LogP contribution in [0.4, 0.5) is 4.39 Å². The summed E-state index contributed by atoms with van der Waals surface area (Å²) in [5.74, 6) is -1.66. The number of carboxylic acids is 1. The van der Waals surface area contributed by atoms with Crippen LogP contribution in [0.25, 0.3) is 0 Å². The zero-order chi connectivity index (χ0) is 9.84. The monoisotopic (exact) mass is 184 g/mol. The molecule has 1 aromatic rings. The average Bonchev–Trinajstić information content (AvgIpc) is 2.03. The molecule has 0 amide bonds. The van der Waals surface area contributed by atoms with Crippen LogP contribution >= 0.6 is 0 Å². The van der Waals surface area contributed by atoms with E-state index in [9.17, 15) is 9.18 Å². The summed E-state index contributed by atoms with van der Waals surface area (Å²) in [6.45, 7) is 0. The quantitative estimate of drug-likeness (QED) is 0.678. The third-order valence-corrected chi connectivity index (χ3v) is 1.57. The topological polar surface area (TPSA) is 76.2 Å². The van der Waals surface area contributed by atoms with E-state index in [0.717, 1.165) is 6.07 Å². The van der Waals surface area contributed by atoms with Crippen molar-refractivity contribution in [2.24, 2.45) is 5.73 Å². The second kappa shape index (κ2) is 3.95. The van der Waals surface area contributed by atoms with E-state index in [4.69, 9.17) is 10.8 Å². The predicted octanol–water partition coefficient (Wildman–Crippen LogP) is 0.695. The van der Waals surface area contributed by atoms with Gasteiger partial charge in [-0.1, -0.05) is 0 Å². The fraction of sp³-hybridized carbons (Fsp3) is 0.250. The Bertz CT molecular complexity index is 317. The molecular formula is C8H9FN2O2. The summed E-state index contributed by atoms with van der Waals surface area (Å²) in [5, 5.41) is 8.43. The number of hydrogen-bond acceptors (Lipinski definition) is 3. The van der Waals surface area contributed by atoms with Crippen LogP contribution in [0.3, 0.4) is 0 Å². The van der Waals surface area contributed by atoms with Crippen molar-refractivity contribution >= 4 is 5.97 Å². The zero-order valence-corrected chi connectivity index (χ0v) is 6.77. The molecule has 0 aliphatic carbocycles. The lowest BCUT2D eigenvalue weighted by atomic mass is 10.1. The Morgan fingerprint density at radius 1 is 1.77 bits per heavy atom. The molecule has 1 rings (SSSR count). The summed E-state index contributed by atoms with van der Waals surface area (Å²) in [4.78, 5) is 13.6.